The number of sulfonamides is 1. The van der Waals surface area contributed by atoms with Crippen LogP contribution in [0.3, 0.4) is 0 Å². The van der Waals surface area contributed by atoms with E-state index in [-0.39, 0.29) is 36.6 Å². The lowest BCUT2D eigenvalue weighted by molar-refractivity contribution is -0.145. The number of allylic oxidation sites excluding steroid dienone is 1. The molecule has 3 N–H and O–H groups in total. The van der Waals surface area contributed by atoms with Crippen molar-refractivity contribution in [1.29, 1.82) is 0 Å². The Kier molecular flexibility index (Phi) is 10.0. The smallest absolute Gasteiger partial charge is 0.259 e. The van der Waals surface area contributed by atoms with Crippen LogP contribution in [-0.4, -0.2) is 78.9 Å². The quantitative estimate of drug-likeness (QED) is 0.228. The lowest BCUT2D eigenvalue weighted by Crippen LogP contribution is -2.58. The molecule has 0 bridgehead atoms. The van der Waals surface area contributed by atoms with E-state index in [1.54, 1.807) is 0 Å². The first-order valence-corrected chi connectivity index (χ1v) is 20.1. The monoisotopic (exact) mass is 731 g/mol. The average Bonchev–Trinajstić information content (AvgIpc) is 4.01. The van der Waals surface area contributed by atoms with Crippen molar-refractivity contribution in [1.82, 2.24) is 20.4 Å². The highest BCUT2D eigenvalue weighted by Gasteiger charge is 2.62. The van der Waals surface area contributed by atoms with E-state index in [1.807, 2.05) is 81.5 Å². The van der Waals surface area contributed by atoms with Gasteiger partial charge in [0.05, 0.1) is 18.4 Å². The molecule has 2 aromatic rings. The summed E-state index contributed by atoms with van der Waals surface area (Å²) in [5.41, 5.74) is 6.10. The Morgan fingerprint density at radius 1 is 0.981 bits per heavy atom. The molecule has 3 aliphatic carbocycles. The van der Waals surface area contributed by atoms with Crippen molar-refractivity contribution in [3.8, 4) is 11.1 Å². The highest BCUT2D eigenvalue weighted by molar-refractivity contribution is 7.91. The molecule has 3 fully saturated rings. The normalized spacial score (nSPS) is 28.3. The van der Waals surface area contributed by atoms with E-state index in [2.05, 4.69) is 20.7 Å². The van der Waals surface area contributed by atoms with Gasteiger partial charge in [0.25, 0.3) is 5.91 Å². The van der Waals surface area contributed by atoms with Gasteiger partial charge >= 0.3 is 0 Å². The predicted octanol–water partition coefficient (Wildman–Crippen LogP) is 4.35. The zero-order chi connectivity index (χ0) is 36.7. The lowest BCUT2D eigenvalue weighted by Gasteiger charge is -2.30. The fourth-order valence-corrected chi connectivity index (χ4v) is 8.76. The predicted molar refractivity (Wildman–Crippen MR) is 196 cm³/mol. The van der Waals surface area contributed by atoms with Crippen LogP contribution in [0, 0.1) is 11.3 Å². The Bertz CT molecular complexity index is 1840. The van der Waals surface area contributed by atoms with Gasteiger partial charge < -0.3 is 19.9 Å². The zero-order valence-electron chi connectivity index (χ0n) is 30.1. The third-order valence-electron chi connectivity index (χ3n) is 10.5. The molecule has 5 aliphatic rings. The van der Waals surface area contributed by atoms with Crippen molar-refractivity contribution in [3.63, 3.8) is 0 Å². The summed E-state index contributed by atoms with van der Waals surface area (Å²) in [7, 11) is -3.85. The number of carbonyl (C=O) groups is 3. The van der Waals surface area contributed by atoms with Crippen molar-refractivity contribution in [2.75, 3.05) is 13.2 Å². The van der Waals surface area contributed by atoms with Gasteiger partial charge in [0.1, 0.15) is 29.4 Å². The van der Waals surface area contributed by atoms with Crippen LogP contribution in [0.1, 0.15) is 89.7 Å². The topological polar surface area (TPSA) is 156 Å². The SMILES string of the molecule is CC(C)(C)CON[C@H]1CCCCC/C=C\C2C[C@@]2(C(=O)NS(=O)(=O)C2CC2)NC(=O)[C@@H]2C[C@@H](ON=C3c4ccccc4-c4ccccc43)CN2C1=O. The number of nitrogens with one attached hydrogen (secondary N) is 3. The minimum absolute atomic E-state index is 0.0903. The van der Waals surface area contributed by atoms with Gasteiger partial charge in [0.15, 0.2) is 0 Å². The number of nitrogens with zero attached hydrogens (tertiary/aromatic N) is 2. The molecule has 5 atom stereocenters. The molecule has 0 aromatic heterocycles. The number of hydrogen-bond acceptors (Lipinski definition) is 9. The third-order valence-corrected chi connectivity index (χ3v) is 12.3. The maximum atomic E-state index is 14.4. The number of benzene rings is 2. The maximum absolute atomic E-state index is 14.4. The minimum atomic E-state index is -3.85. The highest BCUT2D eigenvalue weighted by atomic mass is 32.2. The Labute approximate surface area is 305 Å². The van der Waals surface area contributed by atoms with Crippen LogP contribution in [0.25, 0.3) is 11.1 Å². The number of carbonyl (C=O) groups excluding carboxylic acids is 3. The molecule has 12 nitrogen and oxygen atoms in total. The van der Waals surface area contributed by atoms with E-state index >= 15 is 0 Å². The summed E-state index contributed by atoms with van der Waals surface area (Å²) < 4.78 is 27.9. The van der Waals surface area contributed by atoms with Gasteiger partial charge in [-0.1, -0.05) is 99.5 Å². The number of hydrogen-bond donors (Lipinski definition) is 3. The summed E-state index contributed by atoms with van der Waals surface area (Å²) in [4.78, 5) is 56.0. The van der Waals surface area contributed by atoms with Crippen LogP contribution in [-0.2, 0) is 34.1 Å². The first-order chi connectivity index (χ1) is 24.9. The molecular formula is C39H49N5O7S. The number of hydroxylamine groups is 1. The van der Waals surface area contributed by atoms with E-state index in [4.69, 9.17) is 9.68 Å². The molecule has 1 unspecified atom stereocenters. The van der Waals surface area contributed by atoms with Crippen molar-refractivity contribution in [2.24, 2.45) is 16.5 Å². The standard InChI is InChI=1S/C39H49N5O7S/c1-38(2,3)24-50-41-32-18-8-6-4-5-7-13-25-22-39(25,37(47)43-52(48,49)27-19-20-27)40-35(45)33-21-26(23-44(33)36(32)46)51-42-34-30-16-11-9-14-28(30)29-15-10-12-17-31(29)34/h7,9-17,25-27,32-33,41H,4-6,8,18-24H2,1-3H3,(H,40,45)(H,43,47)/b13-7-/t25?,26-,32+,33+,39-/m1/s1. The first-order valence-electron chi connectivity index (χ1n) is 18.5. The van der Waals surface area contributed by atoms with Gasteiger partial charge in [-0.15, -0.1) is 0 Å². The molecule has 1 saturated heterocycles. The van der Waals surface area contributed by atoms with E-state index in [0.29, 0.717) is 31.6 Å². The summed E-state index contributed by atoms with van der Waals surface area (Å²) in [5, 5.41) is 6.97. The Morgan fingerprint density at radius 2 is 1.65 bits per heavy atom. The summed E-state index contributed by atoms with van der Waals surface area (Å²) in [5.74, 6) is -1.96. The molecule has 13 heteroatoms. The fourth-order valence-electron chi connectivity index (χ4n) is 7.39. The van der Waals surface area contributed by atoms with E-state index < -0.39 is 50.8 Å². The van der Waals surface area contributed by atoms with Crippen molar-refractivity contribution in [2.45, 2.75) is 108 Å². The highest BCUT2D eigenvalue weighted by Crippen LogP contribution is 2.46. The van der Waals surface area contributed by atoms with Gasteiger partial charge in [-0.2, -0.15) is 5.48 Å². The Morgan fingerprint density at radius 3 is 2.31 bits per heavy atom. The van der Waals surface area contributed by atoms with Gasteiger partial charge in [-0.25, -0.2) is 8.42 Å². The van der Waals surface area contributed by atoms with Crippen LogP contribution in [0.2, 0.25) is 0 Å². The van der Waals surface area contributed by atoms with Crippen LogP contribution in [0.4, 0.5) is 0 Å². The summed E-state index contributed by atoms with van der Waals surface area (Å²) >= 11 is 0. The number of oxime groups is 1. The van der Waals surface area contributed by atoms with E-state index in [9.17, 15) is 22.8 Å². The van der Waals surface area contributed by atoms with Crippen LogP contribution in [0.5, 0.6) is 0 Å². The van der Waals surface area contributed by atoms with Gasteiger partial charge in [0.2, 0.25) is 21.8 Å². The van der Waals surface area contributed by atoms with Crippen LogP contribution < -0.4 is 15.5 Å². The summed E-state index contributed by atoms with van der Waals surface area (Å²) in [6.07, 6.45) is 8.46. The molecule has 278 valence electrons. The lowest BCUT2D eigenvalue weighted by atomic mass is 9.99. The zero-order valence-corrected chi connectivity index (χ0v) is 30.9. The minimum Gasteiger partial charge on any atom is -0.390 e. The summed E-state index contributed by atoms with van der Waals surface area (Å²) in [6.45, 7) is 6.59. The maximum Gasteiger partial charge on any atom is 0.259 e. The van der Waals surface area contributed by atoms with E-state index in [1.165, 1.54) is 4.90 Å². The molecule has 7 rings (SSSR count). The van der Waals surface area contributed by atoms with Gasteiger partial charge in [-0.05, 0) is 55.1 Å². The third kappa shape index (κ3) is 7.67. The first kappa shape index (κ1) is 36.3. The largest absolute Gasteiger partial charge is 0.390 e. The Hall–Kier alpha value is -4.07. The van der Waals surface area contributed by atoms with Crippen molar-refractivity contribution < 1.29 is 32.5 Å². The van der Waals surface area contributed by atoms with Gasteiger partial charge in [0, 0.05) is 23.5 Å². The molecule has 2 heterocycles. The molecule has 0 radical (unpaired) electrons. The second-order valence-corrected chi connectivity index (χ2v) is 18.0. The number of fused-ring (bicyclic) bond motifs is 5. The Balaban J connectivity index is 1.17. The molecule has 3 amide bonds. The van der Waals surface area contributed by atoms with Crippen molar-refractivity contribution >= 4 is 33.5 Å². The number of amides is 3. The molecule has 2 aromatic carbocycles. The molecule has 2 saturated carbocycles. The molecule has 0 spiro atoms. The number of rotatable bonds is 8. The van der Waals surface area contributed by atoms with Gasteiger partial charge in [-0.3, -0.25) is 19.1 Å². The molecule has 2 aliphatic heterocycles. The average molecular weight is 732 g/mol. The molecular weight excluding hydrogens is 683 g/mol. The second-order valence-electron chi connectivity index (χ2n) is 16.0. The van der Waals surface area contributed by atoms with Crippen molar-refractivity contribution in [3.05, 3.63) is 71.8 Å². The van der Waals surface area contributed by atoms with Crippen LogP contribution >= 0.6 is 0 Å². The molecule has 52 heavy (non-hydrogen) atoms. The second kappa shape index (κ2) is 14.4. The fraction of sp³-hybridized carbons (Fsp3) is 0.538. The van der Waals surface area contributed by atoms with Crippen LogP contribution in [0.15, 0.2) is 65.8 Å². The summed E-state index contributed by atoms with van der Waals surface area (Å²) in [6, 6.07) is 14.2. The van der Waals surface area contributed by atoms with E-state index in [0.717, 1.165) is 47.9 Å².